The highest BCUT2D eigenvalue weighted by Gasteiger charge is 2.45. The molecule has 2 heterocycles. The van der Waals surface area contributed by atoms with Gasteiger partial charge in [-0.3, -0.25) is 9.59 Å². The molecule has 0 aromatic heterocycles. The number of aliphatic hydroxyl groups excluding tert-OH is 1. The van der Waals surface area contributed by atoms with Crippen molar-refractivity contribution in [1.82, 2.24) is 4.90 Å². The van der Waals surface area contributed by atoms with E-state index in [0.29, 0.717) is 12.0 Å². The first kappa shape index (κ1) is 13.3. The van der Waals surface area contributed by atoms with Crippen molar-refractivity contribution in [3.05, 3.63) is 34.9 Å². The molecule has 106 valence electrons. The highest BCUT2D eigenvalue weighted by Crippen LogP contribution is 2.53. The molecule has 1 fully saturated rings. The quantitative estimate of drug-likeness (QED) is 0.857. The minimum atomic E-state index is -0.467. The van der Waals surface area contributed by atoms with Gasteiger partial charge in [0, 0.05) is 12.0 Å². The summed E-state index contributed by atoms with van der Waals surface area (Å²) in [7, 11) is 0. The molecule has 4 nitrogen and oxygen atoms in total. The fraction of sp³-hybridized carbons (Fsp3) is 0.500. The predicted octanol–water partition coefficient (Wildman–Crippen LogP) is 2.38. The maximum absolute atomic E-state index is 12.3. The normalized spacial score (nSPS) is 23.0. The Kier molecular flexibility index (Phi) is 3.34. The number of amides is 1. The van der Waals surface area contributed by atoms with E-state index in [-0.39, 0.29) is 23.8 Å². The van der Waals surface area contributed by atoms with E-state index in [1.54, 1.807) is 6.07 Å². The van der Waals surface area contributed by atoms with Crippen LogP contribution in [0.15, 0.2) is 18.2 Å². The number of Topliss-reactive ketones (excluding diaryl/α,β-unsaturated/α-hetero) is 1. The lowest BCUT2D eigenvalue weighted by molar-refractivity contribution is -0.133. The molecule has 2 aliphatic rings. The molecular weight excluding hydrogens is 254 g/mol. The Morgan fingerprint density at radius 2 is 1.95 bits per heavy atom. The summed E-state index contributed by atoms with van der Waals surface area (Å²) in [4.78, 5) is 25.9. The van der Waals surface area contributed by atoms with Crippen LogP contribution in [0.25, 0.3) is 0 Å². The average Bonchev–Trinajstić information content (AvgIpc) is 3.03. The number of fused-ring (bicyclic) bond motifs is 5. The van der Waals surface area contributed by atoms with Crippen LogP contribution in [0.1, 0.15) is 66.2 Å². The van der Waals surface area contributed by atoms with E-state index in [2.05, 4.69) is 0 Å². The number of carbonyl (C=O) groups is 2. The number of benzene rings is 1. The van der Waals surface area contributed by atoms with Gasteiger partial charge in [0.15, 0.2) is 5.78 Å². The second-order valence-corrected chi connectivity index (χ2v) is 5.58. The van der Waals surface area contributed by atoms with Crippen molar-refractivity contribution in [2.24, 2.45) is 0 Å². The summed E-state index contributed by atoms with van der Waals surface area (Å²) >= 11 is 0. The summed E-state index contributed by atoms with van der Waals surface area (Å²) in [5.41, 5.74) is 2.83. The van der Waals surface area contributed by atoms with Gasteiger partial charge in [-0.2, -0.15) is 0 Å². The molecule has 2 unspecified atom stereocenters. The smallest absolute Gasteiger partial charge is 0.223 e. The number of hydrogen-bond donors (Lipinski definition) is 1. The summed E-state index contributed by atoms with van der Waals surface area (Å²) in [6.07, 6.45) is 3.44. The van der Waals surface area contributed by atoms with Gasteiger partial charge >= 0.3 is 0 Å². The highest BCUT2D eigenvalue weighted by atomic mass is 16.3. The van der Waals surface area contributed by atoms with Gasteiger partial charge in [-0.25, -0.2) is 0 Å². The molecular formula is C16H19NO3. The van der Waals surface area contributed by atoms with Crippen molar-refractivity contribution in [2.75, 3.05) is 6.61 Å². The summed E-state index contributed by atoms with van der Waals surface area (Å²) in [5.74, 6) is -0.0479. The van der Waals surface area contributed by atoms with Crippen molar-refractivity contribution in [3.8, 4) is 0 Å². The third kappa shape index (κ3) is 1.86. The Balaban J connectivity index is 1.94. The molecule has 0 saturated carbocycles. The molecule has 2 atom stereocenters. The second kappa shape index (κ2) is 5.02. The van der Waals surface area contributed by atoms with Crippen molar-refractivity contribution >= 4 is 11.7 Å². The molecule has 1 amide bonds. The van der Waals surface area contributed by atoms with Crippen LogP contribution in [-0.4, -0.2) is 28.3 Å². The van der Waals surface area contributed by atoms with Gasteiger partial charge in [-0.15, -0.1) is 0 Å². The first-order valence-electron chi connectivity index (χ1n) is 7.26. The predicted molar refractivity (Wildman–Crippen MR) is 74.3 cm³/mol. The SMILES string of the molecule is CCCC(=O)N1C2CCC1c1cc(C(=O)CO)ccc12. The Bertz CT molecular complexity index is 567. The zero-order valence-electron chi connectivity index (χ0n) is 11.6. The van der Waals surface area contributed by atoms with Gasteiger partial charge in [0.25, 0.3) is 0 Å². The first-order valence-corrected chi connectivity index (χ1v) is 7.26. The topological polar surface area (TPSA) is 57.6 Å². The number of carbonyl (C=O) groups excluding carboxylic acids is 2. The van der Waals surface area contributed by atoms with Gasteiger partial charge in [-0.05, 0) is 36.5 Å². The fourth-order valence-electron chi connectivity index (χ4n) is 3.54. The van der Waals surface area contributed by atoms with E-state index >= 15 is 0 Å². The summed E-state index contributed by atoms with van der Waals surface area (Å²) in [5, 5.41) is 8.96. The van der Waals surface area contributed by atoms with Crippen LogP contribution in [0.2, 0.25) is 0 Å². The molecule has 1 aromatic carbocycles. The molecule has 0 radical (unpaired) electrons. The van der Waals surface area contributed by atoms with Gasteiger partial charge in [0.2, 0.25) is 5.91 Å². The molecule has 1 N–H and O–H groups in total. The van der Waals surface area contributed by atoms with Crippen LogP contribution in [0, 0.1) is 0 Å². The Hall–Kier alpha value is -1.68. The standard InChI is InChI=1S/C16H19NO3/c1-2-3-16(20)17-13-6-7-14(17)12-8-10(15(19)9-18)4-5-11(12)13/h4-5,8,13-14,18H,2-3,6-7,9H2,1H3. The monoisotopic (exact) mass is 273 g/mol. The maximum Gasteiger partial charge on any atom is 0.223 e. The number of hydrogen-bond acceptors (Lipinski definition) is 3. The molecule has 20 heavy (non-hydrogen) atoms. The molecule has 1 aromatic rings. The van der Waals surface area contributed by atoms with Gasteiger partial charge < -0.3 is 10.0 Å². The van der Waals surface area contributed by atoms with Gasteiger partial charge in [-0.1, -0.05) is 19.1 Å². The van der Waals surface area contributed by atoms with Crippen LogP contribution in [0.4, 0.5) is 0 Å². The van der Waals surface area contributed by atoms with E-state index in [1.165, 1.54) is 5.56 Å². The third-order valence-corrected chi connectivity index (χ3v) is 4.41. The van der Waals surface area contributed by atoms with Crippen molar-refractivity contribution in [3.63, 3.8) is 0 Å². The Labute approximate surface area is 118 Å². The van der Waals surface area contributed by atoms with Crippen molar-refractivity contribution < 1.29 is 14.7 Å². The third-order valence-electron chi connectivity index (χ3n) is 4.41. The van der Waals surface area contributed by atoms with Crippen LogP contribution in [0.5, 0.6) is 0 Å². The summed E-state index contributed by atoms with van der Waals surface area (Å²) in [6.45, 7) is 1.55. The van der Waals surface area contributed by atoms with E-state index in [0.717, 1.165) is 24.8 Å². The van der Waals surface area contributed by atoms with E-state index in [1.807, 2.05) is 24.0 Å². The van der Waals surface area contributed by atoms with E-state index in [9.17, 15) is 9.59 Å². The van der Waals surface area contributed by atoms with Crippen molar-refractivity contribution in [2.45, 2.75) is 44.7 Å². The molecule has 4 heteroatoms. The second-order valence-electron chi connectivity index (χ2n) is 5.58. The number of rotatable bonds is 4. The van der Waals surface area contributed by atoms with Crippen molar-refractivity contribution in [1.29, 1.82) is 0 Å². The summed E-state index contributed by atoms with van der Waals surface area (Å²) < 4.78 is 0. The lowest BCUT2D eigenvalue weighted by Crippen LogP contribution is -2.27. The van der Waals surface area contributed by atoms with Crippen LogP contribution < -0.4 is 0 Å². The van der Waals surface area contributed by atoms with Gasteiger partial charge in [0.05, 0.1) is 12.1 Å². The van der Waals surface area contributed by atoms with Crippen LogP contribution in [-0.2, 0) is 4.79 Å². The minimum absolute atomic E-state index is 0.125. The fourth-order valence-corrected chi connectivity index (χ4v) is 3.54. The minimum Gasteiger partial charge on any atom is -0.388 e. The number of ketones is 1. The molecule has 0 aliphatic carbocycles. The summed E-state index contributed by atoms with van der Waals surface area (Å²) in [6, 6.07) is 5.89. The van der Waals surface area contributed by atoms with E-state index < -0.39 is 6.61 Å². The number of aliphatic hydroxyl groups is 1. The lowest BCUT2D eigenvalue weighted by Gasteiger charge is -2.22. The largest absolute Gasteiger partial charge is 0.388 e. The Morgan fingerprint density at radius 1 is 1.25 bits per heavy atom. The number of nitrogens with zero attached hydrogens (tertiary/aromatic N) is 1. The Morgan fingerprint density at radius 3 is 2.60 bits per heavy atom. The maximum atomic E-state index is 12.3. The molecule has 0 spiro atoms. The zero-order valence-corrected chi connectivity index (χ0v) is 11.6. The van der Waals surface area contributed by atoms with Crippen LogP contribution in [0.3, 0.4) is 0 Å². The molecule has 2 bridgehead atoms. The lowest BCUT2D eigenvalue weighted by atomic mass is 9.90. The molecule has 2 aliphatic heterocycles. The first-order chi connectivity index (χ1) is 9.67. The van der Waals surface area contributed by atoms with E-state index in [4.69, 9.17) is 5.11 Å². The molecule has 3 rings (SSSR count). The van der Waals surface area contributed by atoms with Crippen LogP contribution >= 0.6 is 0 Å². The highest BCUT2D eigenvalue weighted by molar-refractivity contribution is 5.97. The zero-order chi connectivity index (χ0) is 14.3. The molecule has 1 saturated heterocycles. The van der Waals surface area contributed by atoms with Gasteiger partial charge in [0.1, 0.15) is 6.61 Å². The average molecular weight is 273 g/mol.